The molecule has 3 aromatic rings. The molecular formula is C28H33N5O5. The van der Waals surface area contributed by atoms with E-state index in [1.807, 2.05) is 51.1 Å². The number of hydrogen-bond acceptors (Lipinski definition) is 7. The van der Waals surface area contributed by atoms with Gasteiger partial charge in [0.2, 0.25) is 0 Å². The highest BCUT2D eigenvalue weighted by Gasteiger charge is 2.33. The lowest BCUT2D eigenvalue weighted by Crippen LogP contribution is -2.44. The van der Waals surface area contributed by atoms with Crippen molar-refractivity contribution in [1.82, 2.24) is 14.7 Å². The molecule has 0 radical (unpaired) electrons. The quantitative estimate of drug-likeness (QED) is 0.150. The SMILES string of the molecule is CC(=O)c1c(C(N)=NO)c(-c2ccc(Oc3ccccc3)cc2)nn1C1CCCN(C(=O)OC(C)(C)C)C1. The molecule has 4 rings (SSSR count). The number of para-hydroxylation sites is 1. The molecule has 0 saturated carbocycles. The van der Waals surface area contributed by atoms with Crippen LogP contribution in [0.4, 0.5) is 4.79 Å². The van der Waals surface area contributed by atoms with E-state index < -0.39 is 11.7 Å². The number of aromatic nitrogens is 2. The van der Waals surface area contributed by atoms with Crippen molar-refractivity contribution in [3.63, 3.8) is 0 Å². The predicted octanol–water partition coefficient (Wildman–Crippen LogP) is 5.21. The van der Waals surface area contributed by atoms with Gasteiger partial charge in [-0.05, 0) is 70.0 Å². The van der Waals surface area contributed by atoms with Gasteiger partial charge in [-0.3, -0.25) is 9.48 Å². The molecule has 10 nitrogen and oxygen atoms in total. The number of rotatable bonds is 6. The third-order valence-electron chi connectivity index (χ3n) is 6.11. The van der Waals surface area contributed by atoms with Crippen LogP contribution in [0.15, 0.2) is 59.8 Å². The fourth-order valence-electron chi connectivity index (χ4n) is 4.48. The second-order valence-electron chi connectivity index (χ2n) is 10.2. The van der Waals surface area contributed by atoms with Crippen molar-refractivity contribution in [2.24, 2.45) is 10.9 Å². The summed E-state index contributed by atoms with van der Waals surface area (Å²) in [6.45, 7) is 7.73. The van der Waals surface area contributed by atoms with Crippen molar-refractivity contribution in [1.29, 1.82) is 0 Å². The number of amidine groups is 1. The average Bonchev–Trinajstić information content (AvgIpc) is 3.29. The Labute approximate surface area is 221 Å². The largest absolute Gasteiger partial charge is 0.457 e. The molecule has 10 heteroatoms. The van der Waals surface area contributed by atoms with Crippen molar-refractivity contribution >= 4 is 17.7 Å². The van der Waals surface area contributed by atoms with Crippen LogP contribution in [0.1, 0.15) is 62.6 Å². The Bertz CT molecular complexity index is 1330. The number of nitrogens with zero attached hydrogens (tertiary/aromatic N) is 4. The molecule has 38 heavy (non-hydrogen) atoms. The molecule has 1 aliphatic rings. The van der Waals surface area contributed by atoms with Crippen molar-refractivity contribution in [2.75, 3.05) is 13.1 Å². The lowest BCUT2D eigenvalue weighted by molar-refractivity contribution is 0.0167. The molecule has 1 amide bonds. The molecule has 3 N–H and O–H groups in total. The highest BCUT2D eigenvalue weighted by atomic mass is 16.6. The van der Waals surface area contributed by atoms with Gasteiger partial charge in [0.1, 0.15) is 28.5 Å². The number of carbonyl (C=O) groups excluding carboxylic acids is 2. The van der Waals surface area contributed by atoms with Crippen LogP contribution in [-0.4, -0.2) is 56.3 Å². The smallest absolute Gasteiger partial charge is 0.410 e. The number of ether oxygens (including phenoxy) is 2. The van der Waals surface area contributed by atoms with Crippen molar-refractivity contribution in [3.05, 3.63) is 65.9 Å². The number of Topliss-reactive ketones (excluding diaryl/α,β-unsaturated/α-hetero) is 1. The fourth-order valence-corrected chi connectivity index (χ4v) is 4.48. The summed E-state index contributed by atoms with van der Waals surface area (Å²) in [5.41, 5.74) is 6.97. The standard InChI is InChI=1S/C28H33N5O5/c1-18(34)25-23(26(29)31-36)24(19-12-14-22(15-13-19)37-21-10-6-5-7-11-21)30-33(25)20-9-8-16-32(17-20)27(35)38-28(2,3)4/h5-7,10-15,20,36H,8-9,16-17H2,1-4H3,(H2,29,31). The van der Waals surface area contributed by atoms with Gasteiger partial charge in [0.05, 0.1) is 11.6 Å². The van der Waals surface area contributed by atoms with Gasteiger partial charge >= 0.3 is 6.09 Å². The number of likely N-dealkylation sites (tertiary alicyclic amines) is 1. The number of carbonyl (C=O) groups is 2. The molecule has 0 spiro atoms. The second-order valence-corrected chi connectivity index (χ2v) is 10.2. The number of nitrogens with two attached hydrogens (primary N) is 1. The normalized spacial score (nSPS) is 16.3. The maximum atomic E-state index is 12.9. The van der Waals surface area contributed by atoms with Crippen LogP contribution in [0, 0.1) is 0 Å². The Kier molecular flexibility index (Phi) is 7.70. The van der Waals surface area contributed by atoms with E-state index >= 15 is 0 Å². The maximum Gasteiger partial charge on any atom is 0.410 e. The predicted molar refractivity (Wildman–Crippen MR) is 143 cm³/mol. The van der Waals surface area contributed by atoms with Crippen LogP contribution in [0.5, 0.6) is 11.5 Å². The third kappa shape index (κ3) is 5.96. The van der Waals surface area contributed by atoms with E-state index in [1.54, 1.807) is 33.8 Å². The van der Waals surface area contributed by atoms with E-state index in [-0.39, 0.29) is 28.9 Å². The summed E-state index contributed by atoms with van der Waals surface area (Å²) in [5.74, 6) is 0.814. The first-order chi connectivity index (χ1) is 18.1. The molecule has 0 aliphatic carbocycles. The molecule has 1 fully saturated rings. The zero-order chi connectivity index (χ0) is 27.4. The van der Waals surface area contributed by atoms with Gasteiger partial charge in [-0.2, -0.15) is 5.10 Å². The molecule has 1 aliphatic heterocycles. The van der Waals surface area contributed by atoms with E-state index in [9.17, 15) is 14.8 Å². The lowest BCUT2D eigenvalue weighted by atomic mass is 10.0. The first-order valence-corrected chi connectivity index (χ1v) is 12.5. The van der Waals surface area contributed by atoms with Crippen LogP contribution >= 0.6 is 0 Å². The summed E-state index contributed by atoms with van der Waals surface area (Å²) in [5, 5.41) is 17.5. The number of benzene rings is 2. The van der Waals surface area contributed by atoms with E-state index in [2.05, 4.69) is 5.16 Å². The monoisotopic (exact) mass is 519 g/mol. The van der Waals surface area contributed by atoms with Crippen molar-refractivity contribution < 1.29 is 24.3 Å². The highest BCUT2D eigenvalue weighted by Crippen LogP contribution is 2.33. The summed E-state index contributed by atoms with van der Waals surface area (Å²) < 4.78 is 13.0. The van der Waals surface area contributed by atoms with E-state index in [1.165, 1.54) is 6.92 Å². The van der Waals surface area contributed by atoms with E-state index in [4.69, 9.17) is 20.3 Å². The number of ketones is 1. The van der Waals surface area contributed by atoms with Crippen LogP contribution in [0.25, 0.3) is 11.3 Å². The van der Waals surface area contributed by atoms with Crippen LogP contribution in [0.3, 0.4) is 0 Å². The molecule has 1 unspecified atom stereocenters. The first kappa shape index (κ1) is 26.7. The van der Waals surface area contributed by atoms with Gasteiger partial charge in [0.25, 0.3) is 0 Å². The van der Waals surface area contributed by atoms with Gasteiger partial charge < -0.3 is 25.3 Å². The molecule has 1 aromatic heterocycles. The molecule has 1 saturated heterocycles. The summed E-state index contributed by atoms with van der Waals surface area (Å²) in [6, 6.07) is 16.3. The van der Waals surface area contributed by atoms with Crippen molar-refractivity contribution in [3.8, 4) is 22.8 Å². The van der Waals surface area contributed by atoms with Crippen molar-refractivity contribution in [2.45, 2.75) is 52.2 Å². The van der Waals surface area contributed by atoms with Gasteiger partial charge in [0, 0.05) is 25.6 Å². The molecule has 2 aromatic carbocycles. The van der Waals surface area contributed by atoms with E-state index in [0.29, 0.717) is 48.7 Å². The molecule has 0 bridgehead atoms. The molecule has 200 valence electrons. The van der Waals surface area contributed by atoms with Gasteiger partial charge in [-0.25, -0.2) is 4.79 Å². The van der Waals surface area contributed by atoms with Crippen LogP contribution in [0.2, 0.25) is 0 Å². The van der Waals surface area contributed by atoms with Gasteiger partial charge in [-0.15, -0.1) is 0 Å². The minimum Gasteiger partial charge on any atom is -0.457 e. The maximum absolute atomic E-state index is 12.9. The Morgan fingerprint density at radius 1 is 1.08 bits per heavy atom. The van der Waals surface area contributed by atoms with Gasteiger partial charge in [-0.1, -0.05) is 23.4 Å². The number of oxime groups is 1. The van der Waals surface area contributed by atoms with E-state index in [0.717, 1.165) is 0 Å². The molecule has 2 heterocycles. The summed E-state index contributed by atoms with van der Waals surface area (Å²) >= 11 is 0. The number of amides is 1. The number of piperidine rings is 1. The Hall–Kier alpha value is -4.34. The Balaban J connectivity index is 1.70. The molecular weight excluding hydrogens is 486 g/mol. The second kappa shape index (κ2) is 11.0. The van der Waals surface area contributed by atoms with Crippen LogP contribution in [-0.2, 0) is 4.74 Å². The highest BCUT2D eigenvalue weighted by molar-refractivity contribution is 6.11. The fraction of sp³-hybridized carbons (Fsp3) is 0.357. The Morgan fingerprint density at radius 3 is 2.34 bits per heavy atom. The third-order valence-corrected chi connectivity index (χ3v) is 6.11. The Morgan fingerprint density at radius 2 is 1.74 bits per heavy atom. The zero-order valence-electron chi connectivity index (χ0n) is 22.0. The summed E-state index contributed by atoms with van der Waals surface area (Å²) in [6.07, 6.45) is 0.991. The number of hydrogen-bond donors (Lipinski definition) is 2. The molecule has 1 atom stereocenters. The minimum absolute atomic E-state index is 0.218. The average molecular weight is 520 g/mol. The zero-order valence-corrected chi connectivity index (χ0v) is 22.0. The summed E-state index contributed by atoms with van der Waals surface area (Å²) in [4.78, 5) is 27.2. The lowest BCUT2D eigenvalue weighted by Gasteiger charge is -2.34. The first-order valence-electron chi connectivity index (χ1n) is 12.5. The minimum atomic E-state index is -0.622. The summed E-state index contributed by atoms with van der Waals surface area (Å²) in [7, 11) is 0. The topological polar surface area (TPSA) is 132 Å². The van der Waals surface area contributed by atoms with Crippen LogP contribution < -0.4 is 10.5 Å². The van der Waals surface area contributed by atoms with Gasteiger partial charge in [0.15, 0.2) is 11.6 Å².